The lowest BCUT2D eigenvalue weighted by molar-refractivity contribution is -0.132. The number of alkyl halides is 6. The van der Waals surface area contributed by atoms with Crippen LogP contribution in [0, 0.1) is 0 Å². The highest BCUT2D eigenvalue weighted by Crippen LogP contribution is 2.32. The van der Waals surface area contributed by atoms with E-state index in [2.05, 4.69) is 0 Å². The van der Waals surface area contributed by atoms with Crippen LogP contribution in [0.4, 0.5) is 22.0 Å². The Morgan fingerprint density at radius 2 is 1.47 bits per heavy atom. The maximum Gasteiger partial charge on any atom is 0.308 e. The molecule has 0 rings (SSSR count). The summed E-state index contributed by atoms with van der Waals surface area (Å²) in [5, 5.41) is 0. The molecule has 0 aliphatic rings. The van der Waals surface area contributed by atoms with Crippen LogP contribution in [0.15, 0.2) is 0 Å². The van der Waals surface area contributed by atoms with Gasteiger partial charge in [-0.05, 0) is 12.8 Å². The monoisotopic (exact) mass is 372 g/mol. The molecule has 0 aliphatic heterocycles. The highest BCUT2D eigenvalue weighted by Gasteiger charge is 2.41. The minimum Gasteiger partial charge on any atom is -0.251 e. The van der Waals surface area contributed by atoms with Crippen LogP contribution in [0.25, 0.3) is 0 Å². The fraction of sp³-hybridized carbons (Fsp3) is 1.00. The number of halogens is 6. The highest BCUT2D eigenvalue weighted by atomic mass is 127. The van der Waals surface area contributed by atoms with Crippen LogP contribution in [0.1, 0.15) is 44.9 Å². The van der Waals surface area contributed by atoms with Gasteiger partial charge in [-0.15, -0.1) is 0 Å². The number of hydrogen-bond donors (Lipinski definition) is 0. The summed E-state index contributed by atoms with van der Waals surface area (Å²) in [7, 11) is 0. The second kappa shape index (κ2) is 9.33. The second-order valence-corrected chi connectivity index (χ2v) is 5.87. The Morgan fingerprint density at radius 3 is 2.00 bits per heavy atom. The fourth-order valence-electron chi connectivity index (χ4n) is 1.48. The third-order valence-electron chi connectivity index (χ3n) is 2.46. The first-order valence-corrected chi connectivity index (χ1v) is 7.00. The minimum absolute atomic E-state index is 0.324. The lowest BCUT2D eigenvalue weighted by Gasteiger charge is -2.18. The van der Waals surface area contributed by atoms with Crippen LogP contribution < -0.4 is 0 Å². The molecule has 104 valence electrons. The van der Waals surface area contributed by atoms with Gasteiger partial charge in [0.15, 0.2) is 0 Å². The van der Waals surface area contributed by atoms with E-state index in [1.807, 2.05) is 0 Å². The van der Waals surface area contributed by atoms with E-state index in [0.29, 0.717) is 12.8 Å². The largest absolute Gasteiger partial charge is 0.308 e. The third kappa shape index (κ3) is 9.02. The summed E-state index contributed by atoms with van der Waals surface area (Å²) in [6.07, 6.45) is -0.0392. The quantitative estimate of drug-likeness (QED) is 0.209. The van der Waals surface area contributed by atoms with E-state index in [0.717, 1.165) is 25.7 Å². The van der Waals surface area contributed by atoms with Crippen LogP contribution in [0.2, 0.25) is 0 Å². The van der Waals surface area contributed by atoms with Crippen molar-refractivity contribution < 1.29 is 22.0 Å². The molecule has 0 fully saturated rings. The van der Waals surface area contributed by atoms with Crippen LogP contribution in [0.3, 0.4) is 0 Å². The van der Waals surface area contributed by atoms with Crippen molar-refractivity contribution in [3.05, 3.63) is 0 Å². The molecule has 0 radical (unpaired) electrons. The molecule has 0 nitrogen and oxygen atoms in total. The van der Waals surface area contributed by atoms with Gasteiger partial charge in [-0.25, -0.2) is 17.6 Å². The molecule has 0 amide bonds. The smallest absolute Gasteiger partial charge is 0.251 e. The zero-order valence-corrected chi connectivity index (χ0v) is 11.7. The lowest BCUT2D eigenvalue weighted by atomic mass is 10.1. The molecule has 0 N–H and O–H groups in total. The van der Waals surface area contributed by atoms with Gasteiger partial charge in [-0.3, -0.25) is 4.39 Å². The molecule has 1 atom stereocenters. The van der Waals surface area contributed by atoms with Gasteiger partial charge in [-0.1, -0.05) is 48.3 Å². The minimum atomic E-state index is -3.87. The van der Waals surface area contributed by atoms with Gasteiger partial charge in [0.25, 0.3) is 0 Å². The Labute approximate surface area is 112 Å². The SMILES string of the molecule is FCCCCCCCC(I)CC(F)(F)C(F)F. The van der Waals surface area contributed by atoms with Gasteiger partial charge in [0, 0.05) is 10.3 Å². The molecule has 0 bridgehead atoms. The Balaban J connectivity index is 3.56. The van der Waals surface area contributed by atoms with E-state index in [4.69, 9.17) is 0 Å². The molecule has 1 unspecified atom stereocenters. The van der Waals surface area contributed by atoms with Crippen LogP contribution in [0.5, 0.6) is 0 Å². The predicted octanol–water partition coefficient (Wildman–Crippen LogP) is 5.39. The van der Waals surface area contributed by atoms with E-state index >= 15 is 0 Å². The first-order chi connectivity index (χ1) is 7.90. The van der Waals surface area contributed by atoms with Crippen LogP contribution in [-0.4, -0.2) is 22.9 Å². The second-order valence-electron chi connectivity index (χ2n) is 4.11. The summed E-state index contributed by atoms with van der Waals surface area (Å²) in [4.78, 5) is 0. The number of unbranched alkanes of at least 4 members (excludes halogenated alkanes) is 4. The topological polar surface area (TPSA) is 0 Å². The van der Waals surface area contributed by atoms with Crippen molar-refractivity contribution >= 4 is 22.6 Å². The van der Waals surface area contributed by atoms with Crippen molar-refractivity contribution in [2.24, 2.45) is 0 Å². The van der Waals surface area contributed by atoms with Crippen molar-refractivity contribution in [1.82, 2.24) is 0 Å². The molecule has 6 heteroatoms. The zero-order chi connectivity index (χ0) is 13.3. The summed E-state index contributed by atoms with van der Waals surface area (Å²) >= 11 is 1.80. The first kappa shape index (κ1) is 17.4. The van der Waals surface area contributed by atoms with E-state index in [1.54, 1.807) is 22.6 Å². The molecular formula is C11H18F5I. The maximum absolute atomic E-state index is 12.7. The standard InChI is InChI=1S/C11H18F5I/c12-7-5-3-1-2-4-6-9(17)8-11(15,16)10(13)14/h9-10H,1-8H2. The van der Waals surface area contributed by atoms with Crippen molar-refractivity contribution in [2.45, 2.75) is 61.2 Å². The summed E-state index contributed by atoms with van der Waals surface area (Å²) < 4.78 is 60.5. The van der Waals surface area contributed by atoms with Crippen LogP contribution in [-0.2, 0) is 0 Å². The summed E-state index contributed by atoms with van der Waals surface area (Å²) in [5.74, 6) is -3.87. The molecule has 0 saturated carbocycles. The van der Waals surface area contributed by atoms with Crippen molar-refractivity contribution in [2.75, 3.05) is 6.67 Å². The van der Waals surface area contributed by atoms with E-state index in [9.17, 15) is 22.0 Å². The van der Waals surface area contributed by atoms with Gasteiger partial charge in [0.05, 0.1) is 6.67 Å². The maximum atomic E-state index is 12.7. The highest BCUT2D eigenvalue weighted by molar-refractivity contribution is 14.1. The van der Waals surface area contributed by atoms with E-state index in [-0.39, 0.29) is 6.67 Å². The van der Waals surface area contributed by atoms with Gasteiger partial charge < -0.3 is 0 Å². The molecule has 17 heavy (non-hydrogen) atoms. The van der Waals surface area contributed by atoms with Gasteiger partial charge in [-0.2, -0.15) is 0 Å². The van der Waals surface area contributed by atoms with Gasteiger partial charge in [0.1, 0.15) is 0 Å². The van der Waals surface area contributed by atoms with Crippen molar-refractivity contribution in [3.63, 3.8) is 0 Å². The van der Waals surface area contributed by atoms with Gasteiger partial charge in [0.2, 0.25) is 0 Å². The molecule has 0 aliphatic carbocycles. The summed E-state index contributed by atoms with van der Waals surface area (Å²) in [6, 6.07) is 0. The Hall–Kier alpha value is 0.380. The number of hydrogen-bond acceptors (Lipinski definition) is 0. The molecular weight excluding hydrogens is 354 g/mol. The Bertz CT molecular complexity index is 187. The Morgan fingerprint density at radius 1 is 0.941 bits per heavy atom. The molecule has 0 aromatic rings. The average molecular weight is 372 g/mol. The molecule has 0 heterocycles. The van der Waals surface area contributed by atoms with Gasteiger partial charge >= 0.3 is 12.3 Å². The summed E-state index contributed by atoms with van der Waals surface area (Å²) in [6.45, 7) is -0.324. The molecule has 0 aromatic carbocycles. The fourth-order valence-corrected chi connectivity index (χ4v) is 2.50. The van der Waals surface area contributed by atoms with E-state index in [1.165, 1.54) is 0 Å². The van der Waals surface area contributed by atoms with Crippen LogP contribution >= 0.6 is 22.6 Å². The normalized spacial score (nSPS) is 14.3. The molecule has 0 saturated heterocycles. The third-order valence-corrected chi connectivity index (χ3v) is 3.53. The first-order valence-electron chi connectivity index (χ1n) is 5.76. The summed E-state index contributed by atoms with van der Waals surface area (Å²) in [5.41, 5.74) is 0. The predicted molar refractivity (Wildman–Crippen MR) is 67.1 cm³/mol. The zero-order valence-electron chi connectivity index (χ0n) is 9.58. The Kier molecular flexibility index (Phi) is 9.54. The van der Waals surface area contributed by atoms with Crippen molar-refractivity contribution in [1.29, 1.82) is 0 Å². The number of rotatable bonds is 10. The lowest BCUT2D eigenvalue weighted by Crippen LogP contribution is -2.29. The van der Waals surface area contributed by atoms with E-state index < -0.39 is 22.7 Å². The van der Waals surface area contributed by atoms with Crippen molar-refractivity contribution in [3.8, 4) is 0 Å². The molecule has 0 aromatic heterocycles. The molecule has 0 spiro atoms. The average Bonchev–Trinajstić information content (AvgIpc) is 2.22.